The van der Waals surface area contributed by atoms with Crippen molar-refractivity contribution in [1.29, 1.82) is 0 Å². The van der Waals surface area contributed by atoms with Crippen molar-refractivity contribution in [3.8, 4) is 0 Å². The summed E-state index contributed by atoms with van der Waals surface area (Å²) in [4.78, 5) is 26.7. The Kier molecular flexibility index (Phi) is 2.73. The van der Waals surface area contributed by atoms with Gasteiger partial charge in [-0.3, -0.25) is 14.5 Å². The minimum atomic E-state index is -0.243. The molecule has 1 aliphatic carbocycles. The van der Waals surface area contributed by atoms with Crippen LogP contribution in [0.5, 0.6) is 0 Å². The third-order valence-corrected chi connectivity index (χ3v) is 5.09. The summed E-state index contributed by atoms with van der Waals surface area (Å²) in [6.45, 7) is 6.03. The molecule has 1 N–H and O–H groups in total. The van der Waals surface area contributed by atoms with Crippen LogP contribution < -0.4 is 5.32 Å². The van der Waals surface area contributed by atoms with E-state index in [2.05, 4.69) is 19.2 Å². The zero-order chi connectivity index (χ0) is 12.9. The van der Waals surface area contributed by atoms with E-state index >= 15 is 0 Å². The average molecular weight is 250 g/mol. The first kappa shape index (κ1) is 12.2. The van der Waals surface area contributed by atoms with Gasteiger partial charge in [0.2, 0.25) is 11.8 Å². The van der Waals surface area contributed by atoms with Crippen molar-refractivity contribution in [1.82, 2.24) is 10.2 Å². The summed E-state index contributed by atoms with van der Waals surface area (Å²) in [5.41, 5.74) is -0.243. The molecular formula is C14H22N2O2. The second-order valence-electron chi connectivity index (χ2n) is 6.55. The van der Waals surface area contributed by atoms with E-state index in [9.17, 15) is 9.59 Å². The molecule has 2 unspecified atom stereocenters. The summed E-state index contributed by atoms with van der Waals surface area (Å²) < 4.78 is 0. The minimum absolute atomic E-state index is 0.0146. The molecule has 2 aliphatic heterocycles. The van der Waals surface area contributed by atoms with Crippen LogP contribution in [0.3, 0.4) is 0 Å². The van der Waals surface area contributed by atoms with Crippen LogP contribution in [-0.4, -0.2) is 35.3 Å². The monoisotopic (exact) mass is 250 g/mol. The summed E-state index contributed by atoms with van der Waals surface area (Å²) in [7, 11) is 0. The average Bonchev–Trinajstić information content (AvgIpc) is 2.80. The van der Waals surface area contributed by atoms with Gasteiger partial charge in [0.05, 0.1) is 17.4 Å². The molecule has 4 heteroatoms. The zero-order valence-corrected chi connectivity index (χ0v) is 11.2. The van der Waals surface area contributed by atoms with Crippen molar-refractivity contribution in [2.75, 3.05) is 13.1 Å². The summed E-state index contributed by atoms with van der Waals surface area (Å²) >= 11 is 0. The van der Waals surface area contributed by atoms with Crippen LogP contribution in [0.4, 0.5) is 0 Å². The second-order valence-corrected chi connectivity index (χ2v) is 6.55. The van der Waals surface area contributed by atoms with Crippen LogP contribution in [0.15, 0.2) is 0 Å². The van der Waals surface area contributed by atoms with Gasteiger partial charge in [0.1, 0.15) is 0 Å². The van der Waals surface area contributed by atoms with Gasteiger partial charge >= 0.3 is 0 Å². The topological polar surface area (TPSA) is 49.4 Å². The molecular weight excluding hydrogens is 228 g/mol. The summed E-state index contributed by atoms with van der Waals surface area (Å²) in [6.07, 6.45) is 3.58. The van der Waals surface area contributed by atoms with Gasteiger partial charge in [0.25, 0.3) is 0 Å². The van der Waals surface area contributed by atoms with Crippen LogP contribution in [0.1, 0.15) is 39.5 Å². The maximum Gasteiger partial charge on any atom is 0.233 e. The standard InChI is InChI=1S/C14H22N2O2/c1-9-7-10-11(8-9)13(18)16(12(10)17)14(2)3-5-15-6-4-14/h9-11,15H,3-8H2,1-2H3. The molecule has 18 heavy (non-hydrogen) atoms. The van der Waals surface area contributed by atoms with Gasteiger partial charge in [-0.25, -0.2) is 0 Å². The third kappa shape index (κ3) is 1.62. The molecule has 2 amide bonds. The number of carbonyl (C=O) groups is 2. The lowest BCUT2D eigenvalue weighted by molar-refractivity contribution is -0.148. The highest BCUT2D eigenvalue weighted by molar-refractivity contribution is 6.06. The first-order chi connectivity index (χ1) is 8.53. The van der Waals surface area contributed by atoms with E-state index in [1.54, 1.807) is 4.90 Å². The fraction of sp³-hybridized carbons (Fsp3) is 0.857. The van der Waals surface area contributed by atoms with E-state index < -0.39 is 0 Å². The number of rotatable bonds is 1. The highest BCUT2D eigenvalue weighted by Gasteiger charge is 2.56. The Morgan fingerprint density at radius 2 is 1.61 bits per heavy atom. The van der Waals surface area contributed by atoms with Gasteiger partial charge < -0.3 is 5.32 Å². The van der Waals surface area contributed by atoms with Gasteiger partial charge in [0.15, 0.2) is 0 Å². The van der Waals surface area contributed by atoms with Crippen molar-refractivity contribution in [3.63, 3.8) is 0 Å². The molecule has 0 aromatic rings. The van der Waals surface area contributed by atoms with E-state index in [-0.39, 0.29) is 29.2 Å². The molecule has 2 atom stereocenters. The molecule has 3 aliphatic rings. The molecule has 0 radical (unpaired) electrons. The van der Waals surface area contributed by atoms with E-state index in [4.69, 9.17) is 0 Å². The Labute approximate surface area is 108 Å². The van der Waals surface area contributed by atoms with E-state index in [1.807, 2.05) is 0 Å². The Hall–Kier alpha value is -0.900. The first-order valence-electron chi connectivity index (χ1n) is 7.11. The number of nitrogens with zero attached hydrogens (tertiary/aromatic N) is 1. The Morgan fingerprint density at radius 1 is 1.11 bits per heavy atom. The highest BCUT2D eigenvalue weighted by Crippen LogP contribution is 2.46. The van der Waals surface area contributed by atoms with E-state index in [1.165, 1.54) is 0 Å². The smallest absolute Gasteiger partial charge is 0.233 e. The largest absolute Gasteiger partial charge is 0.317 e. The summed E-state index contributed by atoms with van der Waals surface area (Å²) in [5.74, 6) is 0.715. The number of hydrogen-bond acceptors (Lipinski definition) is 3. The van der Waals surface area contributed by atoms with Gasteiger partial charge in [-0.2, -0.15) is 0 Å². The lowest BCUT2D eigenvalue weighted by Gasteiger charge is -2.41. The van der Waals surface area contributed by atoms with Crippen LogP contribution in [0.25, 0.3) is 0 Å². The minimum Gasteiger partial charge on any atom is -0.317 e. The van der Waals surface area contributed by atoms with Crippen LogP contribution >= 0.6 is 0 Å². The van der Waals surface area contributed by atoms with Gasteiger partial charge in [0, 0.05) is 0 Å². The molecule has 3 rings (SSSR count). The number of carbonyl (C=O) groups excluding carboxylic acids is 2. The maximum absolute atomic E-state index is 12.5. The van der Waals surface area contributed by atoms with Gasteiger partial charge in [-0.15, -0.1) is 0 Å². The fourth-order valence-electron chi connectivity index (χ4n) is 4.00. The summed E-state index contributed by atoms with van der Waals surface area (Å²) in [5, 5.41) is 3.30. The second kappa shape index (κ2) is 4.05. The number of piperidine rings is 1. The predicted molar refractivity (Wildman–Crippen MR) is 67.7 cm³/mol. The number of imide groups is 1. The van der Waals surface area contributed by atoms with Crippen molar-refractivity contribution in [2.24, 2.45) is 17.8 Å². The molecule has 0 spiro atoms. The Bertz CT molecular complexity index is 363. The van der Waals surface area contributed by atoms with Crippen molar-refractivity contribution >= 4 is 11.8 Å². The molecule has 2 saturated heterocycles. The Morgan fingerprint density at radius 3 is 2.11 bits per heavy atom. The maximum atomic E-state index is 12.5. The van der Waals surface area contributed by atoms with Crippen LogP contribution in [-0.2, 0) is 9.59 Å². The number of hydrogen-bond donors (Lipinski definition) is 1. The van der Waals surface area contributed by atoms with Gasteiger partial charge in [-0.1, -0.05) is 6.92 Å². The lowest BCUT2D eigenvalue weighted by atomic mass is 9.88. The van der Waals surface area contributed by atoms with Crippen LogP contribution in [0.2, 0.25) is 0 Å². The normalized spacial score (nSPS) is 39.2. The van der Waals surface area contributed by atoms with Crippen molar-refractivity contribution < 1.29 is 9.59 Å². The summed E-state index contributed by atoms with van der Waals surface area (Å²) in [6, 6.07) is 0. The van der Waals surface area contributed by atoms with Crippen molar-refractivity contribution in [2.45, 2.75) is 45.1 Å². The number of likely N-dealkylation sites (tertiary alicyclic amines) is 1. The third-order valence-electron chi connectivity index (χ3n) is 5.09. The number of fused-ring (bicyclic) bond motifs is 1. The van der Waals surface area contributed by atoms with E-state index in [0.29, 0.717) is 5.92 Å². The number of nitrogens with one attached hydrogen (secondary N) is 1. The van der Waals surface area contributed by atoms with Gasteiger partial charge in [-0.05, 0) is 51.6 Å². The molecule has 1 saturated carbocycles. The first-order valence-corrected chi connectivity index (χ1v) is 7.11. The van der Waals surface area contributed by atoms with Crippen molar-refractivity contribution in [3.05, 3.63) is 0 Å². The molecule has 2 heterocycles. The SMILES string of the molecule is CC1CC2C(=O)N(C3(C)CCNCC3)C(=O)C2C1. The quantitative estimate of drug-likeness (QED) is 0.710. The van der Waals surface area contributed by atoms with Crippen LogP contribution in [0, 0.1) is 17.8 Å². The van der Waals surface area contributed by atoms with E-state index in [0.717, 1.165) is 38.8 Å². The zero-order valence-electron chi connectivity index (χ0n) is 11.2. The molecule has 4 nitrogen and oxygen atoms in total. The molecule has 3 fully saturated rings. The predicted octanol–water partition coefficient (Wildman–Crippen LogP) is 1.16. The number of amides is 2. The fourth-order valence-corrected chi connectivity index (χ4v) is 4.00. The lowest BCUT2D eigenvalue weighted by Crippen LogP contribution is -2.55. The Balaban J connectivity index is 1.86. The molecule has 0 bridgehead atoms. The molecule has 0 aromatic heterocycles. The molecule has 100 valence electrons. The molecule has 0 aromatic carbocycles. The highest BCUT2D eigenvalue weighted by atomic mass is 16.2.